The Labute approximate surface area is 78.1 Å². The largest absolute Gasteiger partial charge is 0.348 e. The average Bonchev–Trinajstić information content (AvgIpc) is 2.03. The summed E-state index contributed by atoms with van der Waals surface area (Å²) in [4.78, 5) is 12.9. The Kier molecular flexibility index (Phi) is 3.47. The lowest BCUT2D eigenvalue weighted by Gasteiger charge is -2.28. The lowest BCUT2D eigenvalue weighted by atomic mass is 10.2. The van der Waals surface area contributed by atoms with Crippen LogP contribution in [0.25, 0.3) is 0 Å². The molecule has 0 aromatic carbocycles. The molecule has 0 bridgehead atoms. The first kappa shape index (κ1) is 9.45. The van der Waals surface area contributed by atoms with E-state index in [1.54, 1.807) is 0 Å². The highest BCUT2D eigenvalue weighted by Gasteiger charge is 2.18. The van der Waals surface area contributed by atoms with Crippen molar-refractivity contribution in [1.82, 2.24) is 10.2 Å². The van der Waals surface area contributed by atoms with Crippen LogP contribution in [0.4, 0.5) is 0 Å². The van der Waals surface area contributed by atoms with Gasteiger partial charge < -0.3 is 10.2 Å². The van der Waals surface area contributed by atoms with Gasteiger partial charge in [-0.25, -0.2) is 0 Å². The number of nitrogens with zero attached hydrogens (tertiary/aromatic N) is 1. The maximum absolute atomic E-state index is 10.9. The van der Waals surface area contributed by atoms with Gasteiger partial charge >= 0.3 is 0 Å². The number of carbonyl (C=O) groups is 1. The predicted molar refractivity (Wildman–Crippen MR) is 51.8 cm³/mol. The summed E-state index contributed by atoms with van der Waals surface area (Å²) in [5.74, 6) is 0.0488. The second-order valence-electron chi connectivity index (χ2n) is 2.94. The molecule has 0 spiro atoms. The van der Waals surface area contributed by atoms with Crippen molar-refractivity contribution >= 4 is 23.2 Å². The van der Waals surface area contributed by atoms with Crippen molar-refractivity contribution in [2.45, 2.75) is 26.2 Å². The quantitative estimate of drug-likeness (QED) is 0.664. The zero-order chi connectivity index (χ0) is 8.97. The van der Waals surface area contributed by atoms with E-state index in [-0.39, 0.29) is 5.91 Å². The summed E-state index contributed by atoms with van der Waals surface area (Å²) >= 11 is 5.01. The van der Waals surface area contributed by atoms with Crippen molar-refractivity contribution in [2.24, 2.45) is 0 Å². The molecule has 1 aliphatic heterocycles. The topological polar surface area (TPSA) is 32.3 Å². The molecular weight excluding hydrogens is 172 g/mol. The molecule has 4 heteroatoms. The van der Waals surface area contributed by atoms with Gasteiger partial charge in [-0.3, -0.25) is 4.79 Å². The van der Waals surface area contributed by atoms with Gasteiger partial charge in [0.05, 0.1) is 0 Å². The SMILES string of the molecule is CCCCN1CCC(=O)NC1=S. The lowest BCUT2D eigenvalue weighted by molar-refractivity contribution is -0.120. The number of rotatable bonds is 3. The molecular formula is C8H14N2OS. The Morgan fingerprint density at radius 2 is 2.42 bits per heavy atom. The van der Waals surface area contributed by atoms with Gasteiger partial charge in [0, 0.05) is 19.5 Å². The number of nitrogens with one attached hydrogen (secondary N) is 1. The summed E-state index contributed by atoms with van der Waals surface area (Å²) in [6.07, 6.45) is 2.87. The van der Waals surface area contributed by atoms with E-state index in [0.717, 1.165) is 25.9 Å². The van der Waals surface area contributed by atoms with Crippen LogP contribution in [-0.2, 0) is 4.79 Å². The molecule has 1 amide bonds. The van der Waals surface area contributed by atoms with Gasteiger partial charge in [-0.1, -0.05) is 13.3 Å². The first-order valence-electron chi connectivity index (χ1n) is 4.32. The molecule has 0 saturated carbocycles. The average molecular weight is 186 g/mol. The Balaban J connectivity index is 2.35. The van der Waals surface area contributed by atoms with Crippen LogP contribution in [0.1, 0.15) is 26.2 Å². The normalized spacial score (nSPS) is 17.9. The fourth-order valence-corrected chi connectivity index (χ4v) is 1.46. The van der Waals surface area contributed by atoms with E-state index in [1.165, 1.54) is 0 Å². The third-order valence-electron chi connectivity index (χ3n) is 1.92. The highest BCUT2D eigenvalue weighted by molar-refractivity contribution is 7.80. The molecule has 1 rings (SSSR count). The summed E-state index contributed by atoms with van der Waals surface area (Å²) in [7, 11) is 0. The Bertz CT molecular complexity index is 193. The summed E-state index contributed by atoms with van der Waals surface area (Å²) in [5, 5.41) is 3.25. The van der Waals surface area contributed by atoms with Crippen molar-refractivity contribution in [3.05, 3.63) is 0 Å². The van der Waals surface area contributed by atoms with Gasteiger partial charge in [-0.15, -0.1) is 0 Å². The molecule has 0 aliphatic carbocycles. The Morgan fingerprint density at radius 3 is 3.00 bits per heavy atom. The lowest BCUT2D eigenvalue weighted by Crippen LogP contribution is -2.49. The van der Waals surface area contributed by atoms with E-state index in [0.29, 0.717) is 11.5 Å². The van der Waals surface area contributed by atoms with Crippen LogP contribution in [-0.4, -0.2) is 29.0 Å². The van der Waals surface area contributed by atoms with E-state index in [4.69, 9.17) is 12.2 Å². The first-order chi connectivity index (χ1) is 5.74. The molecule has 1 N–H and O–H groups in total. The Hall–Kier alpha value is -0.640. The number of amides is 1. The second-order valence-corrected chi connectivity index (χ2v) is 3.33. The van der Waals surface area contributed by atoms with Gasteiger partial charge in [-0.05, 0) is 18.6 Å². The monoisotopic (exact) mass is 186 g/mol. The number of thiocarbonyl (C=S) groups is 1. The van der Waals surface area contributed by atoms with E-state index in [2.05, 4.69) is 17.1 Å². The van der Waals surface area contributed by atoms with Gasteiger partial charge in [0.15, 0.2) is 5.11 Å². The van der Waals surface area contributed by atoms with Crippen LogP contribution >= 0.6 is 12.2 Å². The van der Waals surface area contributed by atoms with E-state index >= 15 is 0 Å². The van der Waals surface area contributed by atoms with E-state index in [9.17, 15) is 4.79 Å². The van der Waals surface area contributed by atoms with E-state index in [1.807, 2.05) is 0 Å². The highest BCUT2D eigenvalue weighted by atomic mass is 32.1. The van der Waals surface area contributed by atoms with Gasteiger partial charge in [0.2, 0.25) is 5.91 Å². The fraction of sp³-hybridized carbons (Fsp3) is 0.750. The molecule has 1 saturated heterocycles. The maximum Gasteiger partial charge on any atom is 0.227 e. The van der Waals surface area contributed by atoms with Gasteiger partial charge in [-0.2, -0.15) is 0 Å². The standard InChI is InChI=1S/C8H14N2OS/c1-2-3-5-10-6-4-7(11)9-8(10)12/h2-6H2,1H3,(H,9,11,12). The third kappa shape index (κ3) is 2.44. The van der Waals surface area contributed by atoms with Crippen molar-refractivity contribution in [3.63, 3.8) is 0 Å². The van der Waals surface area contributed by atoms with Gasteiger partial charge in [0.1, 0.15) is 0 Å². The molecule has 1 aliphatic rings. The molecule has 0 radical (unpaired) electrons. The molecule has 1 fully saturated rings. The van der Waals surface area contributed by atoms with Crippen molar-refractivity contribution in [1.29, 1.82) is 0 Å². The summed E-state index contributed by atoms with van der Waals surface area (Å²) in [6.45, 7) is 3.89. The van der Waals surface area contributed by atoms with Crippen LogP contribution in [0.15, 0.2) is 0 Å². The molecule has 3 nitrogen and oxygen atoms in total. The van der Waals surface area contributed by atoms with Crippen LogP contribution < -0.4 is 5.32 Å². The zero-order valence-electron chi connectivity index (χ0n) is 7.30. The molecule has 0 aromatic heterocycles. The molecule has 0 atom stereocenters. The minimum absolute atomic E-state index is 0.0488. The number of hydrogen-bond acceptors (Lipinski definition) is 2. The number of hydrogen-bond donors (Lipinski definition) is 1. The van der Waals surface area contributed by atoms with Crippen LogP contribution in [0.3, 0.4) is 0 Å². The predicted octanol–water partition coefficient (Wildman–Crippen LogP) is 0.893. The molecule has 12 heavy (non-hydrogen) atoms. The van der Waals surface area contributed by atoms with Crippen LogP contribution in [0, 0.1) is 0 Å². The maximum atomic E-state index is 10.9. The first-order valence-corrected chi connectivity index (χ1v) is 4.73. The second kappa shape index (κ2) is 4.40. The molecule has 0 unspecified atom stereocenters. The fourth-order valence-electron chi connectivity index (χ4n) is 1.16. The molecule has 68 valence electrons. The summed E-state index contributed by atoms with van der Waals surface area (Å²) in [5.41, 5.74) is 0. The van der Waals surface area contributed by atoms with E-state index < -0.39 is 0 Å². The Morgan fingerprint density at radius 1 is 1.67 bits per heavy atom. The van der Waals surface area contributed by atoms with Gasteiger partial charge in [0.25, 0.3) is 0 Å². The van der Waals surface area contributed by atoms with Crippen LogP contribution in [0.5, 0.6) is 0 Å². The minimum atomic E-state index is 0.0488. The summed E-state index contributed by atoms with van der Waals surface area (Å²) < 4.78 is 0. The third-order valence-corrected chi connectivity index (χ3v) is 2.28. The highest BCUT2D eigenvalue weighted by Crippen LogP contribution is 2.02. The van der Waals surface area contributed by atoms with Crippen molar-refractivity contribution in [3.8, 4) is 0 Å². The van der Waals surface area contributed by atoms with Crippen LogP contribution in [0.2, 0.25) is 0 Å². The number of carbonyl (C=O) groups excluding carboxylic acids is 1. The molecule has 0 aromatic rings. The number of unbranched alkanes of at least 4 members (excludes halogenated alkanes) is 1. The van der Waals surface area contributed by atoms with Crippen molar-refractivity contribution < 1.29 is 4.79 Å². The smallest absolute Gasteiger partial charge is 0.227 e. The van der Waals surface area contributed by atoms with Crippen molar-refractivity contribution in [2.75, 3.05) is 13.1 Å². The minimum Gasteiger partial charge on any atom is -0.348 e. The zero-order valence-corrected chi connectivity index (χ0v) is 8.12. The summed E-state index contributed by atoms with van der Waals surface area (Å²) in [6, 6.07) is 0. The molecule has 1 heterocycles.